The van der Waals surface area contributed by atoms with Gasteiger partial charge in [0.2, 0.25) is 8.32 Å². The van der Waals surface area contributed by atoms with Crippen LogP contribution in [0.5, 0.6) is 0 Å². The highest BCUT2D eigenvalue weighted by Crippen LogP contribution is 2.13. The van der Waals surface area contributed by atoms with Gasteiger partial charge in [0.1, 0.15) is 0 Å². The highest BCUT2D eigenvalue weighted by molar-refractivity contribution is 6.69. The molecular weight excluding hydrogens is 236 g/mol. The van der Waals surface area contributed by atoms with Crippen molar-refractivity contribution in [2.75, 3.05) is 0 Å². The second-order valence-corrected chi connectivity index (χ2v) is 13.3. The summed E-state index contributed by atoms with van der Waals surface area (Å²) >= 11 is 0. The maximum absolute atomic E-state index is 11.0. The molecule has 94 valence electrons. The molecule has 3 nitrogen and oxygen atoms in total. The summed E-state index contributed by atoms with van der Waals surface area (Å²) in [5.41, 5.74) is 0.414. The molecule has 0 aromatic carbocycles. The molecule has 0 rings (SSSR count). The Morgan fingerprint density at radius 3 is 2.31 bits per heavy atom. The van der Waals surface area contributed by atoms with Crippen molar-refractivity contribution in [2.45, 2.75) is 51.6 Å². The fourth-order valence-corrected chi connectivity index (χ4v) is 2.68. The highest BCUT2D eigenvalue weighted by Gasteiger charge is 2.16. The van der Waals surface area contributed by atoms with Gasteiger partial charge in [-0.2, -0.15) is 0 Å². The highest BCUT2D eigenvalue weighted by atomic mass is 28.4. The summed E-state index contributed by atoms with van der Waals surface area (Å²) in [7, 11) is -2.22. The van der Waals surface area contributed by atoms with E-state index in [2.05, 4.69) is 13.1 Å². The molecule has 5 heteroatoms. The van der Waals surface area contributed by atoms with E-state index < -0.39 is 23.1 Å². The number of hydrogen-bond donors (Lipinski definition) is 1. The van der Waals surface area contributed by atoms with Gasteiger partial charge in [0.05, 0.1) is 11.8 Å². The third kappa shape index (κ3) is 8.73. The average molecular weight is 260 g/mol. The molecule has 0 amide bonds. The van der Waals surface area contributed by atoms with Crippen LogP contribution in [-0.2, 0) is 9.22 Å². The van der Waals surface area contributed by atoms with Crippen molar-refractivity contribution in [3.8, 4) is 0 Å². The van der Waals surface area contributed by atoms with Crippen LogP contribution in [0.15, 0.2) is 11.8 Å². The number of carboxylic acid groups (broad SMARTS) is 1. The first kappa shape index (κ1) is 15.4. The summed E-state index contributed by atoms with van der Waals surface area (Å²) < 4.78 is 5.52. The summed E-state index contributed by atoms with van der Waals surface area (Å²) in [5, 5.41) is 9.01. The van der Waals surface area contributed by atoms with Crippen LogP contribution in [0.3, 0.4) is 0 Å². The smallest absolute Gasteiger partial charge is 0.334 e. The number of rotatable bonds is 7. The van der Waals surface area contributed by atoms with Crippen LogP contribution in [-0.4, -0.2) is 28.2 Å². The first-order valence-electron chi connectivity index (χ1n) is 5.82. The van der Waals surface area contributed by atoms with Gasteiger partial charge in [-0.25, -0.2) is 4.79 Å². The van der Waals surface area contributed by atoms with Gasteiger partial charge < -0.3 is 9.53 Å². The molecular formula is C11H24O3Si2. The first-order valence-corrected chi connectivity index (χ1v) is 12.4. The molecule has 0 aliphatic rings. The lowest BCUT2D eigenvalue weighted by atomic mass is 10.2. The maximum atomic E-state index is 11.0. The van der Waals surface area contributed by atoms with E-state index in [1.807, 2.05) is 19.6 Å². The Hall–Kier alpha value is -0.556. The Bertz CT molecular complexity index is 254. The second-order valence-electron chi connectivity index (χ2n) is 5.46. The molecule has 16 heavy (non-hydrogen) atoms. The predicted octanol–water partition coefficient (Wildman–Crippen LogP) is 3.07. The Labute approximate surface area is 101 Å². The fraction of sp³-hybridized carbons (Fsp3) is 0.727. The van der Waals surface area contributed by atoms with Gasteiger partial charge in [0.15, 0.2) is 0 Å². The molecule has 0 spiro atoms. The van der Waals surface area contributed by atoms with Crippen molar-refractivity contribution < 1.29 is 14.3 Å². The molecule has 0 saturated carbocycles. The lowest BCUT2D eigenvalue weighted by Gasteiger charge is -2.16. The minimum Gasteiger partial charge on any atom is -0.549 e. The number of aliphatic carboxylic acids is 1. The first-order chi connectivity index (χ1) is 7.22. The van der Waals surface area contributed by atoms with Crippen molar-refractivity contribution in [2.24, 2.45) is 0 Å². The number of carbonyl (C=O) groups is 1. The van der Waals surface area contributed by atoms with Gasteiger partial charge in [0.25, 0.3) is 0 Å². The summed E-state index contributed by atoms with van der Waals surface area (Å²) in [6.45, 7) is 10.7. The molecule has 0 aromatic rings. The molecule has 0 aromatic heterocycles. The van der Waals surface area contributed by atoms with Crippen LogP contribution in [0.25, 0.3) is 0 Å². The summed E-state index contributed by atoms with van der Waals surface area (Å²) in [4.78, 5) is 11.0. The third-order valence-electron chi connectivity index (χ3n) is 2.06. The Morgan fingerprint density at radius 1 is 1.38 bits per heavy atom. The van der Waals surface area contributed by atoms with Crippen LogP contribution in [0.2, 0.25) is 38.8 Å². The third-order valence-corrected chi connectivity index (χ3v) is 4.44. The van der Waals surface area contributed by atoms with Crippen molar-refractivity contribution in [1.29, 1.82) is 0 Å². The van der Waals surface area contributed by atoms with Crippen molar-refractivity contribution in [3.05, 3.63) is 11.8 Å². The van der Waals surface area contributed by atoms with E-state index in [0.717, 1.165) is 6.42 Å². The largest absolute Gasteiger partial charge is 0.549 e. The Morgan fingerprint density at radius 2 is 1.94 bits per heavy atom. The second kappa shape index (κ2) is 6.90. The van der Waals surface area contributed by atoms with Gasteiger partial charge in [-0.1, -0.05) is 25.6 Å². The van der Waals surface area contributed by atoms with E-state index in [9.17, 15) is 4.79 Å². The SMILES string of the molecule is C[SiH](C)CCCC(=CO[Si](C)(C)C)C(=O)O. The normalized spacial score (nSPS) is 13.0. The topological polar surface area (TPSA) is 46.5 Å². The maximum Gasteiger partial charge on any atom is 0.334 e. The van der Waals surface area contributed by atoms with E-state index in [0.29, 0.717) is 12.0 Å². The van der Waals surface area contributed by atoms with E-state index in [1.54, 1.807) is 0 Å². The monoisotopic (exact) mass is 260 g/mol. The van der Waals surface area contributed by atoms with Crippen LogP contribution < -0.4 is 0 Å². The molecule has 0 radical (unpaired) electrons. The number of carboxylic acids is 1. The summed E-state index contributed by atoms with van der Waals surface area (Å²) in [6.07, 6.45) is 3.07. The molecule has 0 atom stereocenters. The van der Waals surface area contributed by atoms with E-state index in [-0.39, 0.29) is 0 Å². The van der Waals surface area contributed by atoms with Crippen LogP contribution in [0.4, 0.5) is 0 Å². The molecule has 0 aliphatic heterocycles. The quantitative estimate of drug-likeness (QED) is 0.435. The fourth-order valence-electron chi connectivity index (χ4n) is 1.16. The lowest BCUT2D eigenvalue weighted by molar-refractivity contribution is -0.132. The van der Waals surface area contributed by atoms with Crippen LogP contribution in [0.1, 0.15) is 12.8 Å². The predicted molar refractivity (Wildman–Crippen MR) is 73.1 cm³/mol. The standard InChI is InChI=1S/C11H24O3Si2/c1-15(2)8-6-7-10(11(12)13)9-14-16(3,4)5/h9,15H,6-8H2,1-5H3,(H,12,13). The molecule has 0 heterocycles. The molecule has 0 fully saturated rings. The van der Waals surface area contributed by atoms with Crippen molar-refractivity contribution in [3.63, 3.8) is 0 Å². The van der Waals surface area contributed by atoms with E-state index >= 15 is 0 Å². The minimum absolute atomic E-state index is 0.414. The van der Waals surface area contributed by atoms with Crippen LogP contribution in [0, 0.1) is 0 Å². The van der Waals surface area contributed by atoms with Crippen molar-refractivity contribution in [1.82, 2.24) is 0 Å². The zero-order valence-corrected chi connectivity index (χ0v) is 13.2. The Balaban J connectivity index is 4.23. The van der Waals surface area contributed by atoms with Gasteiger partial charge >= 0.3 is 5.97 Å². The van der Waals surface area contributed by atoms with E-state index in [4.69, 9.17) is 9.53 Å². The molecule has 0 bridgehead atoms. The molecule has 0 unspecified atom stereocenters. The minimum atomic E-state index is -1.66. The molecule has 0 saturated heterocycles. The van der Waals surface area contributed by atoms with Gasteiger partial charge in [-0.15, -0.1) is 0 Å². The lowest BCUT2D eigenvalue weighted by Crippen LogP contribution is -2.22. The zero-order chi connectivity index (χ0) is 12.8. The number of hydrogen-bond acceptors (Lipinski definition) is 2. The van der Waals surface area contributed by atoms with Gasteiger partial charge in [-0.3, -0.25) is 0 Å². The summed E-state index contributed by atoms with van der Waals surface area (Å²) in [5.74, 6) is -0.844. The van der Waals surface area contributed by atoms with Gasteiger partial charge in [-0.05, 0) is 26.1 Å². The van der Waals surface area contributed by atoms with E-state index in [1.165, 1.54) is 12.3 Å². The molecule has 0 aliphatic carbocycles. The average Bonchev–Trinajstić information content (AvgIpc) is 2.07. The molecule has 1 N–H and O–H groups in total. The zero-order valence-electron chi connectivity index (χ0n) is 11.0. The van der Waals surface area contributed by atoms with Crippen molar-refractivity contribution >= 4 is 23.1 Å². The van der Waals surface area contributed by atoms with Gasteiger partial charge in [0, 0.05) is 8.80 Å². The Kier molecular flexibility index (Phi) is 6.66. The summed E-state index contributed by atoms with van der Waals surface area (Å²) in [6, 6.07) is 1.19. The van der Waals surface area contributed by atoms with Crippen LogP contribution >= 0.6 is 0 Å².